The largest absolute Gasteiger partial charge is 0.347 e. The summed E-state index contributed by atoms with van der Waals surface area (Å²) in [4.78, 5) is 24.9. The van der Waals surface area contributed by atoms with Gasteiger partial charge in [0.2, 0.25) is 11.8 Å². The number of rotatable bonds is 6. The Kier molecular flexibility index (Phi) is 6.77. The van der Waals surface area contributed by atoms with Crippen molar-refractivity contribution in [3.8, 4) is 0 Å². The topological polar surface area (TPSA) is 61.4 Å². The molecule has 0 saturated heterocycles. The lowest BCUT2D eigenvalue weighted by Crippen LogP contribution is -2.47. The highest BCUT2D eigenvalue weighted by Crippen LogP contribution is 2.20. The number of benzene rings is 1. The lowest BCUT2D eigenvalue weighted by molar-refractivity contribution is -0.133. The van der Waals surface area contributed by atoms with Crippen molar-refractivity contribution >= 4 is 23.4 Å². The van der Waals surface area contributed by atoms with Crippen LogP contribution in [0.25, 0.3) is 0 Å². The predicted octanol–water partition coefficient (Wildman–Crippen LogP) is 1.72. The molecule has 1 rings (SSSR count). The average molecular weight is 330 g/mol. The summed E-state index contributed by atoms with van der Waals surface area (Å²) in [6.45, 7) is 3.51. The van der Waals surface area contributed by atoms with E-state index in [1.54, 1.807) is 27.1 Å². The van der Waals surface area contributed by atoms with Crippen molar-refractivity contribution in [3.63, 3.8) is 0 Å². The summed E-state index contributed by atoms with van der Waals surface area (Å²) in [5.74, 6) is -0.944. The van der Waals surface area contributed by atoms with Crippen LogP contribution in [0.4, 0.5) is 4.39 Å². The van der Waals surface area contributed by atoms with Crippen molar-refractivity contribution < 1.29 is 14.0 Å². The third-order valence-corrected chi connectivity index (χ3v) is 3.49. The summed E-state index contributed by atoms with van der Waals surface area (Å²) < 4.78 is 13.1. The number of likely N-dealkylation sites (N-methyl/N-ethyl adjacent to an activating group) is 1. The van der Waals surface area contributed by atoms with Crippen molar-refractivity contribution in [2.75, 3.05) is 20.6 Å². The van der Waals surface area contributed by atoms with E-state index in [4.69, 9.17) is 11.6 Å². The lowest BCUT2D eigenvalue weighted by atomic mass is 10.1. The standard InChI is InChI=1S/C15H21ClFN3O2/c1-9(11-5-6-13(17)12(16)7-11)18-8-14(21)19-10(2)15(22)20(3)4/h5-7,9-10,18H,8H2,1-4H3,(H,19,21). The Morgan fingerprint density at radius 2 is 1.95 bits per heavy atom. The number of nitrogens with one attached hydrogen (secondary N) is 2. The molecule has 0 radical (unpaired) electrons. The fourth-order valence-electron chi connectivity index (χ4n) is 1.89. The van der Waals surface area contributed by atoms with Gasteiger partial charge in [-0.15, -0.1) is 0 Å². The first-order valence-corrected chi connectivity index (χ1v) is 7.29. The first-order valence-electron chi connectivity index (χ1n) is 6.91. The first kappa shape index (κ1) is 18.4. The SMILES string of the molecule is CC(NC(=O)CNC(C)c1ccc(F)c(Cl)c1)C(=O)N(C)C. The zero-order valence-corrected chi connectivity index (χ0v) is 13.9. The minimum atomic E-state index is -0.583. The van der Waals surface area contributed by atoms with Crippen molar-refractivity contribution in [1.82, 2.24) is 15.5 Å². The van der Waals surface area contributed by atoms with Crippen LogP contribution in [0.1, 0.15) is 25.5 Å². The third kappa shape index (κ3) is 5.27. The molecule has 22 heavy (non-hydrogen) atoms. The van der Waals surface area contributed by atoms with Crippen LogP contribution in [-0.2, 0) is 9.59 Å². The number of carbonyl (C=O) groups is 2. The smallest absolute Gasteiger partial charge is 0.244 e. The monoisotopic (exact) mass is 329 g/mol. The average Bonchev–Trinajstić information content (AvgIpc) is 2.46. The second-order valence-corrected chi connectivity index (χ2v) is 5.71. The molecular formula is C15H21ClFN3O2. The molecule has 0 aliphatic rings. The van der Waals surface area contributed by atoms with Crippen LogP contribution >= 0.6 is 11.6 Å². The Hall–Kier alpha value is -1.66. The van der Waals surface area contributed by atoms with E-state index < -0.39 is 11.9 Å². The van der Waals surface area contributed by atoms with Gasteiger partial charge in [0.15, 0.2) is 0 Å². The second kappa shape index (κ2) is 8.10. The van der Waals surface area contributed by atoms with Gasteiger partial charge in [-0.05, 0) is 31.5 Å². The molecule has 2 amide bonds. The summed E-state index contributed by atoms with van der Waals surface area (Å²) in [5.41, 5.74) is 0.775. The fraction of sp³-hybridized carbons (Fsp3) is 0.467. The number of nitrogens with zero attached hydrogens (tertiary/aromatic N) is 1. The Morgan fingerprint density at radius 3 is 2.50 bits per heavy atom. The Morgan fingerprint density at radius 1 is 1.32 bits per heavy atom. The lowest BCUT2D eigenvalue weighted by Gasteiger charge is -2.19. The molecule has 0 heterocycles. The van der Waals surface area contributed by atoms with Crippen LogP contribution in [-0.4, -0.2) is 43.4 Å². The highest BCUT2D eigenvalue weighted by molar-refractivity contribution is 6.30. The van der Waals surface area contributed by atoms with Crippen LogP contribution in [0.15, 0.2) is 18.2 Å². The van der Waals surface area contributed by atoms with Crippen LogP contribution in [0.5, 0.6) is 0 Å². The number of halogens is 2. The van der Waals surface area contributed by atoms with Crippen LogP contribution in [0, 0.1) is 5.82 Å². The molecule has 2 unspecified atom stereocenters. The maximum atomic E-state index is 13.1. The van der Waals surface area contributed by atoms with E-state index in [9.17, 15) is 14.0 Å². The molecular weight excluding hydrogens is 309 g/mol. The van der Waals surface area contributed by atoms with E-state index in [0.717, 1.165) is 5.56 Å². The van der Waals surface area contributed by atoms with Gasteiger partial charge in [-0.2, -0.15) is 0 Å². The number of hydrogen-bond donors (Lipinski definition) is 2. The van der Waals surface area contributed by atoms with Gasteiger partial charge in [0.25, 0.3) is 0 Å². The molecule has 0 saturated carbocycles. The van der Waals surface area contributed by atoms with Crippen molar-refractivity contribution in [3.05, 3.63) is 34.6 Å². The van der Waals surface area contributed by atoms with Crippen LogP contribution in [0.2, 0.25) is 5.02 Å². The fourth-order valence-corrected chi connectivity index (χ4v) is 2.08. The van der Waals surface area contributed by atoms with E-state index in [1.807, 2.05) is 6.92 Å². The Labute approximate surface area is 134 Å². The zero-order chi connectivity index (χ0) is 16.9. The molecule has 2 N–H and O–H groups in total. The quantitative estimate of drug-likeness (QED) is 0.835. The van der Waals surface area contributed by atoms with Crippen LogP contribution < -0.4 is 10.6 Å². The molecule has 2 atom stereocenters. The molecule has 0 aromatic heterocycles. The molecule has 0 fully saturated rings. The second-order valence-electron chi connectivity index (χ2n) is 5.30. The van der Waals surface area contributed by atoms with Gasteiger partial charge in [-0.25, -0.2) is 4.39 Å². The molecule has 5 nitrogen and oxygen atoms in total. The minimum Gasteiger partial charge on any atom is -0.347 e. The maximum absolute atomic E-state index is 13.1. The third-order valence-electron chi connectivity index (χ3n) is 3.20. The molecule has 122 valence electrons. The van der Waals surface area contributed by atoms with Crippen molar-refractivity contribution in [1.29, 1.82) is 0 Å². The molecule has 0 aliphatic heterocycles. The predicted molar refractivity (Wildman–Crippen MR) is 84.1 cm³/mol. The Bertz CT molecular complexity index is 552. The van der Waals surface area contributed by atoms with Gasteiger partial charge < -0.3 is 15.5 Å². The number of hydrogen-bond acceptors (Lipinski definition) is 3. The van der Waals surface area contributed by atoms with Gasteiger partial charge >= 0.3 is 0 Å². The number of carbonyl (C=O) groups excluding carboxylic acids is 2. The number of amides is 2. The van der Waals surface area contributed by atoms with Gasteiger partial charge in [-0.1, -0.05) is 17.7 Å². The van der Waals surface area contributed by atoms with Crippen molar-refractivity contribution in [2.24, 2.45) is 0 Å². The summed E-state index contributed by atoms with van der Waals surface area (Å²) in [5, 5.41) is 5.65. The van der Waals surface area contributed by atoms with Gasteiger partial charge in [0.1, 0.15) is 11.9 Å². The summed E-state index contributed by atoms with van der Waals surface area (Å²) in [7, 11) is 3.26. The zero-order valence-electron chi connectivity index (χ0n) is 13.1. The molecule has 1 aromatic carbocycles. The van der Waals surface area contributed by atoms with Gasteiger partial charge in [0, 0.05) is 20.1 Å². The van der Waals surface area contributed by atoms with E-state index in [-0.39, 0.29) is 29.4 Å². The Balaban J connectivity index is 2.49. The summed E-state index contributed by atoms with van der Waals surface area (Å²) >= 11 is 5.73. The van der Waals surface area contributed by atoms with Gasteiger partial charge in [-0.3, -0.25) is 9.59 Å². The van der Waals surface area contributed by atoms with E-state index >= 15 is 0 Å². The highest BCUT2D eigenvalue weighted by atomic mass is 35.5. The maximum Gasteiger partial charge on any atom is 0.244 e. The highest BCUT2D eigenvalue weighted by Gasteiger charge is 2.17. The van der Waals surface area contributed by atoms with Crippen LogP contribution in [0.3, 0.4) is 0 Å². The first-order chi connectivity index (χ1) is 10.2. The molecule has 7 heteroatoms. The van der Waals surface area contributed by atoms with Crippen molar-refractivity contribution in [2.45, 2.75) is 25.9 Å². The molecule has 0 aliphatic carbocycles. The molecule has 1 aromatic rings. The van der Waals surface area contributed by atoms with E-state index in [1.165, 1.54) is 17.0 Å². The van der Waals surface area contributed by atoms with Gasteiger partial charge in [0.05, 0.1) is 11.6 Å². The summed E-state index contributed by atoms with van der Waals surface area (Å²) in [6, 6.07) is 3.65. The minimum absolute atomic E-state index is 0.0424. The molecule has 0 spiro atoms. The molecule has 0 bridgehead atoms. The van der Waals surface area contributed by atoms with E-state index in [2.05, 4.69) is 10.6 Å². The summed E-state index contributed by atoms with van der Waals surface area (Å²) in [6.07, 6.45) is 0. The van der Waals surface area contributed by atoms with E-state index in [0.29, 0.717) is 0 Å². The normalized spacial score (nSPS) is 13.4.